The van der Waals surface area contributed by atoms with Crippen molar-refractivity contribution in [3.63, 3.8) is 0 Å². The minimum Gasteiger partial charge on any atom is -0.157 e. The lowest BCUT2D eigenvalue weighted by atomic mass is 10.6. The van der Waals surface area contributed by atoms with Crippen LogP contribution in [0.3, 0.4) is 0 Å². The molecule has 0 amide bonds. The molecule has 0 aliphatic rings. The van der Waals surface area contributed by atoms with Crippen LogP contribution in [0.4, 0.5) is 0 Å². The molecule has 0 aromatic carbocycles. The topological polar surface area (TPSA) is 29.4 Å². The molecule has 0 saturated heterocycles. The summed E-state index contributed by atoms with van der Waals surface area (Å²) in [5.41, 5.74) is 0. The Labute approximate surface area is 54.0 Å². The molecule has 0 rings (SSSR count). The van der Waals surface area contributed by atoms with E-state index >= 15 is 0 Å². The van der Waals surface area contributed by atoms with Crippen molar-refractivity contribution in [2.24, 2.45) is 5.18 Å². The van der Waals surface area contributed by atoms with Gasteiger partial charge in [-0.25, -0.2) is 0 Å². The number of nitrogens with zero attached hydrogens (tertiary/aromatic N) is 1. The summed E-state index contributed by atoms with van der Waals surface area (Å²) >= 11 is 1.76. The van der Waals surface area contributed by atoms with Gasteiger partial charge in [0.1, 0.15) is 0 Å². The monoisotopic (exact) mass is 133 g/mol. The van der Waals surface area contributed by atoms with Crippen LogP contribution in [0.1, 0.15) is 13.8 Å². The van der Waals surface area contributed by atoms with Crippen LogP contribution in [0.15, 0.2) is 5.18 Å². The van der Waals surface area contributed by atoms with Crippen molar-refractivity contribution in [3.8, 4) is 0 Å². The van der Waals surface area contributed by atoms with Crippen molar-refractivity contribution >= 4 is 11.8 Å². The third-order valence-electron chi connectivity index (χ3n) is 0.634. The van der Waals surface area contributed by atoms with Gasteiger partial charge in [0, 0.05) is 5.75 Å². The standard InChI is InChI=1S/C5H11NOS/c1-5(2)8-4-3-6-7/h5H,3-4H2,1-2H3. The first-order valence-corrected chi connectivity index (χ1v) is 3.73. The molecular weight excluding hydrogens is 122 g/mol. The molecule has 0 spiro atoms. The van der Waals surface area contributed by atoms with Gasteiger partial charge in [-0.15, -0.1) is 0 Å². The van der Waals surface area contributed by atoms with Gasteiger partial charge in [0.05, 0.1) is 6.54 Å². The molecule has 0 aromatic heterocycles. The molecule has 0 radical (unpaired) electrons. The summed E-state index contributed by atoms with van der Waals surface area (Å²) < 4.78 is 0. The average molecular weight is 133 g/mol. The molecular formula is C5H11NOS. The number of hydrogen-bond acceptors (Lipinski definition) is 3. The summed E-state index contributed by atoms with van der Waals surface area (Å²) in [4.78, 5) is 9.52. The van der Waals surface area contributed by atoms with Gasteiger partial charge in [-0.3, -0.25) is 0 Å². The Bertz CT molecular complexity index is 65.4. The summed E-state index contributed by atoms with van der Waals surface area (Å²) in [7, 11) is 0. The molecule has 0 aromatic rings. The van der Waals surface area contributed by atoms with Gasteiger partial charge < -0.3 is 0 Å². The summed E-state index contributed by atoms with van der Waals surface area (Å²) in [5, 5.41) is 3.36. The fraction of sp³-hybridized carbons (Fsp3) is 1.00. The molecule has 0 heterocycles. The maximum absolute atomic E-state index is 9.52. The first-order valence-electron chi connectivity index (χ1n) is 2.68. The van der Waals surface area contributed by atoms with Gasteiger partial charge in [-0.2, -0.15) is 16.7 Å². The minimum absolute atomic E-state index is 0.447. The van der Waals surface area contributed by atoms with Crippen molar-refractivity contribution < 1.29 is 0 Å². The first kappa shape index (κ1) is 7.95. The highest BCUT2D eigenvalue weighted by Crippen LogP contribution is 2.07. The van der Waals surface area contributed by atoms with Gasteiger partial charge in [0.2, 0.25) is 0 Å². The summed E-state index contributed by atoms with van der Waals surface area (Å²) in [5.74, 6) is 0.862. The lowest BCUT2D eigenvalue weighted by Gasteiger charge is -1.98. The van der Waals surface area contributed by atoms with Crippen LogP contribution in [0.5, 0.6) is 0 Å². The van der Waals surface area contributed by atoms with E-state index in [1.54, 1.807) is 11.8 Å². The summed E-state index contributed by atoms with van der Waals surface area (Å²) in [6.07, 6.45) is 0. The number of thioether (sulfide) groups is 1. The van der Waals surface area contributed by atoms with E-state index in [1.807, 2.05) is 0 Å². The van der Waals surface area contributed by atoms with Crippen molar-refractivity contribution in [1.29, 1.82) is 0 Å². The number of hydrogen-bond donors (Lipinski definition) is 0. The van der Waals surface area contributed by atoms with Crippen molar-refractivity contribution in [2.45, 2.75) is 19.1 Å². The molecule has 0 aliphatic carbocycles. The Morgan fingerprint density at radius 2 is 2.25 bits per heavy atom. The maximum atomic E-state index is 9.52. The third-order valence-corrected chi connectivity index (χ3v) is 1.72. The highest BCUT2D eigenvalue weighted by atomic mass is 32.2. The molecule has 2 nitrogen and oxygen atoms in total. The molecule has 0 aliphatic heterocycles. The molecule has 3 heteroatoms. The van der Waals surface area contributed by atoms with Crippen LogP contribution in [-0.4, -0.2) is 17.5 Å². The third kappa shape index (κ3) is 5.95. The smallest absolute Gasteiger partial charge is 0.0901 e. The van der Waals surface area contributed by atoms with Crippen LogP contribution in [0, 0.1) is 4.91 Å². The Kier molecular flexibility index (Phi) is 5.06. The predicted molar refractivity (Wildman–Crippen MR) is 38.3 cm³/mol. The second-order valence-corrected chi connectivity index (χ2v) is 3.46. The Morgan fingerprint density at radius 3 is 2.62 bits per heavy atom. The van der Waals surface area contributed by atoms with Gasteiger partial charge in [-0.05, 0) is 5.25 Å². The molecule has 0 N–H and O–H groups in total. The Morgan fingerprint density at radius 1 is 1.62 bits per heavy atom. The van der Waals surface area contributed by atoms with E-state index in [2.05, 4.69) is 19.0 Å². The predicted octanol–water partition coefficient (Wildman–Crippen LogP) is 1.89. The lowest BCUT2D eigenvalue weighted by molar-refractivity contribution is 1.08. The second-order valence-electron chi connectivity index (χ2n) is 1.77. The van der Waals surface area contributed by atoms with E-state index < -0.39 is 0 Å². The minimum atomic E-state index is 0.447. The number of nitroso groups, excluding NO2 is 1. The van der Waals surface area contributed by atoms with Gasteiger partial charge >= 0.3 is 0 Å². The number of rotatable bonds is 4. The quantitative estimate of drug-likeness (QED) is 0.433. The molecule has 0 fully saturated rings. The van der Waals surface area contributed by atoms with E-state index in [-0.39, 0.29) is 0 Å². The lowest BCUT2D eigenvalue weighted by Crippen LogP contribution is -1.91. The van der Waals surface area contributed by atoms with E-state index in [1.165, 1.54) is 0 Å². The molecule has 8 heavy (non-hydrogen) atoms. The zero-order chi connectivity index (χ0) is 6.41. The van der Waals surface area contributed by atoms with Gasteiger partial charge in [0.15, 0.2) is 0 Å². The summed E-state index contributed by atoms with van der Waals surface area (Å²) in [6, 6.07) is 0. The van der Waals surface area contributed by atoms with Crippen LogP contribution in [-0.2, 0) is 0 Å². The highest BCUT2D eigenvalue weighted by Gasteiger charge is 1.91. The first-order chi connectivity index (χ1) is 3.77. The van der Waals surface area contributed by atoms with Crippen LogP contribution in [0.25, 0.3) is 0 Å². The highest BCUT2D eigenvalue weighted by molar-refractivity contribution is 7.99. The largest absolute Gasteiger partial charge is 0.157 e. The van der Waals surface area contributed by atoms with Crippen LogP contribution in [0.2, 0.25) is 0 Å². The van der Waals surface area contributed by atoms with Crippen molar-refractivity contribution in [3.05, 3.63) is 4.91 Å². The zero-order valence-electron chi connectivity index (χ0n) is 5.26. The molecule has 48 valence electrons. The Hall–Kier alpha value is -0.0500. The SMILES string of the molecule is CC(C)SCCN=O. The average Bonchev–Trinajstić information content (AvgIpc) is 1.66. The molecule has 0 unspecified atom stereocenters. The van der Waals surface area contributed by atoms with E-state index in [0.29, 0.717) is 11.8 Å². The molecule has 0 bridgehead atoms. The van der Waals surface area contributed by atoms with Crippen LogP contribution >= 0.6 is 11.8 Å². The maximum Gasteiger partial charge on any atom is 0.0901 e. The van der Waals surface area contributed by atoms with E-state index in [9.17, 15) is 4.91 Å². The normalized spacial score (nSPS) is 9.88. The van der Waals surface area contributed by atoms with Gasteiger partial charge in [-0.1, -0.05) is 19.0 Å². The zero-order valence-corrected chi connectivity index (χ0v) is 6.07. The van der Waals surface area contributed by atoms with E-state index in [4.69, 9.17) is 0 Å². The van der Waals surface area contributed by atoms with Gasteiger partial charge in [0.25, 0.3) is 0 Å². The summed E-state index contributed by atoms with van der Waals surface area (Å²) in [6.45, 7) is 4.66. The molecule has 0 atom stereocenters. The Balaban J connectivity index is 2.81. The fourth-order valence-corrected chi connectivity index (χ4v) is 0.977. The second kappa shape index (κ2) is 5.09. The fourth-order valence-electron chi connectivity index (χ4n) is 0.326. The molecule has 0 saturated carbocycles. The van der Waals surface area contributed by atoms with Crippen molar-refractivity contribution in [2.75, 3.05) is 12.3 Å². The van der Waals surface area contributed by atoms with Crippen LogP contribution < -0.4 is 0 Å². The van der Waals surface area contributed by atoms with Crippen molar-refractivity contribution in [1.82, 2.24) is 0 Å². The van der Waals surface area contributed by atoms with E-state index in [0.717, 1.165) is 5.75 Å².